The Labute approximate surface area is 125 Å². The molecule has 1 aromatic heterocycles. The van der Waals surface area contributed by atoms with E-state index in [1.165, 1.54) is 0 Å². The second-order valence-electron chi connectivity index (χ2n) is 5.79. The molecule has 3 unspecified atom stereocenters. The van der Waals surface area contributed by atoms with Crippen LogP contribution in [0.4, 0.5) is 0 Å². The average Bonchev–Trinajstić information content (AvgIpc) is 2.91. The third kappa shape index (κ3) is 2.52. The Kier molecular flexibility index (Phi) is 4.30. The predicted molar refractivity (Wildman–Crippen MR) is 78.8 cm³/mol. The van der Waals surface area contributed by atoms with Gasteiger partial charge in [-0.1, -0.05) is 0 Å². The predicted octanol–water partition coefficient (Wildman–Crippen LogP) is 1.32. The smallest absolute Gasteiger partial charge is 0.257 e. The molecule has 1 aliphatic heterocycles. The fraction of sp³-hybridized carbons (Fsp3) is 0.643. The number of likely N-dealkylation sites (tertiary alicyclic amines) is 1. The van der Waals surface area contributed by atoms with E-state index in [2.05, 4.69) is 9.97 Å². The number of nitrogens with two attached hydrogens (primary N) is 1. The highest BCUT2D eigenvalue weighted by Gasteiger charge is 2.42. The Morgan fingerprint density at radius 1 is 1.35 bits per heavy atom. The molecule has 1 saturated carbocycles. The fourth-order valence-electron chi connectivity index (χ4n) is 3.44. The lowest BCUT2D eigenvalue weighted by Crippen LogP contribution is -2.34. The van der Waals surface area contributed by atoms with Crippen molar-refractivity contribution in [3.05, 3.63) is 23.3 Å². The number of halogens is 1. The van der Waals surface area contributed by atoms with Crippen molar-refractivity contribution in [3.8, 4) is 0 Å². The van der Waals surface area contributed by atoms with Crippen LogP contribution in [0.5, 0.6) is 0 Å². The number of carbonyl (C=O) groups is 1. The van der Waals surface area contributed by atoms with Crippen LogP contribution in [0.3, 0.4) is 0 Å². The van der Waals surface area contributed by atoms with Crippen LogP contribution in [-0.4, -0.2) is 39.9 Å². The molecule has 20 heavy (non-hydrogen) atoms. The molecule has 2 fully saturated rings. The summed E-state index contributed by atoms with van der Waals surface area (Å²) < 4.78 is 0. The first-order valence-electron chi connectivity index (χ1n) is 6.91. The van der Waals surface area contributed by atoms with Gasteiger partial charge < -0.3 is 10.6 Å². The van der Waals surface area contributed by atoms with E-state index in [-0.39, 0.29) is 24.4 Å². The zero-order valence-electron chi connectivity index (χ0n) is 11.9. The number of aromatic nitrogens is 2. The Bertz CT molecular complexity index is 522. The summed E-state index contributed by atoms with van der Waals surface area (Å²) in [5.41, 5.74) is 7.50. The Morgan fingerprint density at radius 2 is 2.10 bits per heavy atom. The van der Waals surface area contributed by atoms with Crippen molar-refractivity contribution in [1.82, 2.24) is 14.9 Å². The second-order valence-corrected chi connectivity index (χ2v) is 5.79. The van der Waals surface area contributed by atoms with Gasteiger partial charge in [-0.3, -0.25) is 4.79 Å². The molecule has 3 atom stereocenters. The fourth-order valence-corrected chi connectivity index (χ4v) is 3.44. The molecule has 0 aromatic carbocycles. The third-order valence-corrected chi connectivity index (χ3v) is 4.53. The lowest BCUT2D eigenvalue weighted by molar-refractivity contribution is 0.0778. The molecular weight excluding hydrogens is 276 g/mol. The maximum Gasteiger partial charge on any atom is 0.257 e. The molecule has 1 saturated heterocycles. The summed E-state index contributed by atoms with van der Waals surface area (Å²) in [6.45, 7) is 5.33. The van der Waals surface area contributed by atoms with Crippen LogP contribution in [0, 0.1) is 25.7 Å². The molecule has 2 heterocycles. The minimum atomic E-state index is 0. The van der Waals surface area contributed by atoms with E-state index < -0.39 is 0 Å². The number of nitrogens with zero attached hydrogens (tertiary/aromatic N) is 3. The maximum absolute atomic E-state index is 12.5. The molecule has 1 amide bonds. The van der Waals surface area contributed by atoms with E-state index in [0.29, 0.717) is 23.2 Å². The van der Waals surface area contributed by atoms with Gasteiger partial charge in [0.15, 0.2) is 0 Å². The third-order valence-electron chi connectivity index (χ3n) is 4.53. The van der Waals surface area contributed by atoms with Gasteiger partial charge in [0.1, 0.15) is 5.82 Å². The zero-order chi connectivity index (χ0) is 13.6. The summed E-state index contributed by atoms with van der Waals surface area (Å²) in [5.74, 6) is 1.83. The van der Waals surface area contributed by atoms with Crippen LogP contribution in [0.2, 0.25) is 0 Å². The van der Waals surface area contributed by atoms with Gasteiger partial charge in [-0.15, -0.1) is 12.4 Å². The first kappa shape index (κ1) is 15.2. The number of hydrogen-bond donors (Lipinski definition) is 1. The van der Waals surface area contributed by atoms with Crippen LogP contribution in [-0.2, 0) is 0 Å². The Morgan fingerprint density at radius 3 is 2.75 bits per heavy atom. The van der Waals surface area contributed by atoms with Crippen LogP contribution < -0.4 is 5.73 Å². The standard InChI is InChI=1S/C14H20N4O.ClH/c1-8-11(5-16-9(2)17-8)14(19)18-6-10-3-4-13(15)12(10)7-18;/h5,10,12-13H,3-4,6-7,15H2,1-2H3;1H. The van der Waals surface area contributed by atoms with Crippen LogP contribution in [0.15, 0.2) is 6.20 Å². The Balaban J connectivity index is 0.00000147. The van der Waals surface area contributed by atoms with Gasteiger partial charge in [0.05, 0.1) is 11.3 Å². The molecule has 110 valence electrons. The number of aryl methyl sites for hydroxylation is 2. The molecule has 1 aromatic rings. The summed E-state index contributed by atoms with van der Waals surface area (Å²) >= 11 is 0. The van der Waals surface area contributed by atoms with E-state index in [0.717, 1.165) is 31.6 Å². The summed E-state index contributed by atoms with van der Waals surface area (Å²) in [7, 11) is 0. The first-order valence-corrected chi connectivity index (χ1v) is 6.91. The van der Waals surface area contributed by atoms with E-state index >= 15 is 0 Å². The molecule has 6 heteroatoms. The molecule has 1 aliphatic carbocycles. The number of amides is 1. The Hall–Kier alpha value is -1.20. The normalized spacial score (nSPS) is 28.1. The van der Waals surface area contributed by atoms with Crippen molar-refractivity contribution in [2.24, 2.45) is 17.6 Å². The maximum atomic E-state index is 12.5. The van der Waals surface area contributed by atoms with Crippen molar-refractivity contribution in [1.29, 1.82) is 0 Å². The molecule has 0 spiro atoms. The molecular formula is C14H21ClN4O. The largest absolute Gasteiger partial charge is 0.338 e. The molecule has 5 nitrogen and oxygen atoms in total. The molecule has 2 aliphatic rings. The molecule has 2 N–H and O–H groups in total. The highest BCUT2D eigenvalue weighted by Crippen LogP contribution is 2.37. The van der Waals surface area contributed by atoms with Crippen molar-refractivity contribution in [3.63, 3.8) is 0 Å². The quantitative estimate of drug-likeness (QED) is 0.848. The topological polar surface area (TPSA) is 72.1 Å². The van der Waals surface area contributed by atoms with Gasteiger partial charge in [-0.2, -0.15) is 0 Å². The SMILES string of the molecule is Cc1ncc(C(=O)N2CC3CCC(N)C3C2)c(C)n1.Cl. The molecule has 0 radical (unpaired) electrons. The number of hydrogen-bond acceptors (Lipinski definition) is 4. The van der Waals surface area contributed by atoms with Crippen molar-refractivity contribution in [2.45, 2.75) is 32.7 Å². The van der Waals surface area contributed by atoms with Crippen molar-refractivity contribution < 1.29 is 4.79 Å². The monoisotopic (exact) mass is 296 g/mol. The van der Waals surface area contributed by atoms with Gasteiger partial charge >= 0.3 is 0 Å². The summed E-state index contributed by atoms with van der Waals surface area (Å²) in [5, 5.41) is 0. The zero-order valence-corrected chi connectivity index (χ0v) is 12.7. The van der Waals surface area contributed by atoms with Gasteiger partial charge in [-0.05, 0) is 38.5 Å². The van der Waals surface area contributed by atoms with Gasteiger partial charge in [0, 0.05) is 25.3 Å². The average molecular weight is 297 g/mol. The van der Waals surface area contributed by atoms with E-state index in [9.17, 15) is 4.79 Å². The van der Waals surface area contributed by atoms with Crippen LogP contribution >= 0.6 is 12.4 Å². The van der Waals surface area contributed by atoms with Crippen LogP contribution in [0.25, 0.3) is 0 Å². The summed E-state index contributed by atoms with van der Waals surface area (Å²) in [6.07, 6.45) is 3.90. The van der Waals surface area contributed by atoms with Crippen LogP contribution in [0.1, 0.15) is 34.7 Å². The van der Waals surface area contributed by atoms with Gasteiger partial charge in [0.25, 0.3) is 5.91 Å². The minimum absolute atomic E-state index is 0. The van der Waals surface area contributed by atoms with Gasteiger partial charge in [-0.25, -0.2) is 9.97 Å². The molecule has 0 bridgehead atoms. The summed E-state index contributed by atoms with van der Waals surface area (Å²) in [4.78, 5) is 22.9. The highest BCUT2D eigenvalue weighted by atomic mass is 35.5. The lowest BCUT2D eigenvalue weighted by atomic mass is 9.98. The minimum Gasteiger partial charge on any atom is -0.338 e. The highest BCUT2D eigenvalue weighted by molar-refractivity contribution is 5.95. The number of rotatable bonds is 1. The van der Waals surface area contributed by atoms with Gasteiger partial charge in [0.2, 0.25) is 0 Å². The van der Waals surface area contributed by atoms with Crippen molar-refractivity contribution in [2.75, 3.05) is 13.1 Å². The van der Waals surface area contributed by atoms with E-state index in [1.54, 1.807) is 6.20 Å². The van der Waals surface area contributed by atoms with Crippen molar-refractivity contribution >= 4 is 18.3 Å². The van der Waals surface area contributed by atoms with E-state index in [4.69, 9.17) is 5.73 Å². The number of fused-ring (bicyclic) bond motifs is 1. The number of carbonyl (C=O) groups excluding carboxylic acids is 1. The summed E-state index contributed by atoms with van der Waals surface area (Å²) in [6, 6.07) is 0.262. The van der Waals surface area contributed by atoms with E-state index in [1.807, 2.05) is 18.7 Å². The molecule has 3 rings (SSSR count). The second kappa shape index (κ2) is 5.66. The lowest BCUT2D eigenvalue weighted by Gasteiger charge is -2.19. The first-order chi connectivity index (χ1) is 9.06.